The lowest BCUT2D eigenvalue weighted by Crippen LogP contribution is -2.56. The maximum absolute atomic E-state index is 13.6. The number of ether oxygens (including phenoxy) is 1. The van der Waals surface area contributed by atoms with Gasteiger partial charge >= 0.3 is 0 Å². The molecule has 9 nitrogen and oxygen atoms in total. The lowest BCUT2D eigenvalue weighted by atomic mass is 10.00. The molecule has 10 heteroatoms. The number of hydrogen-bond donors (Lipinski definition) is 1. The highest BCUT2D eigenvalue weighted by molar-refractivity contribution is 7.92. The summed E-state index contributed by atoms with van der Waals surface area (Å²) in [6.45, 7) is 11.7. The Bertz CT molecular complexity index is 1470. The van der Waals surface area contributed by atoms with Crippen molar-refractivity contribution < 1.29 is 17.9 Å². The number of piperazine rings is 1. The normalized spacial score (nSPS) is 19.6. The molecule has 2 aromatic carbocycles. The molecule has 1 N–H and O–H groups in total. The first-order valence-electron chi connectivity index (χ1n) is 13.4. The zero-order valence-corrected chi connectivity index (χ0v) is 23.7. The maximum Gasteiger partial charge on any atom is 0.264 e. The molecule has 2 aliphatic rings. The summed E-state index contributed by atoms with van der Waals surface area (Å²) in [4.78, 5) is 26.8. The van der Waals surface area contributed by atoms with Crippen LogP contribution in [-0.2, 0) is 10.0 Å². The van der Waals surface area contributed by atoms with Gasteiger partial charge in [0.25, 0.3) is 15.9 Å². The van der Waals surface area contributed by atoms with Crippen LogP contribution in [0, 0.1) is 19.8 Å². The highest BCUT2D eigenvalue weighted by Gasteiger charge is 2.32. The molecule has 0 radical (unpaired) electrons. The SMILES string of the molecule is Cc1cccc(C)c1-c1cc2nc(n1)NS(=O)(=O)c1cccc(c1)C(=O)N1CCN(CC(C)C)C[C@@H]1CCO2. The van der Waals surface area contributed by atoms with Crippen molar-refractivity contribution in [2.24, 2.45) is 5.92 Å². The number of anilines is 1. The van der Waals surface area contributed by atoms with E-state index in [2.05, 4.69) is 33.4 Å². The number of aryl methyl sites for hydroxylation is 2. The fourth-order valence-corrected chi connectivity index (χ4v) is 6.44. The van der Waals surface area contributed by atoms with Gasteiger partial charge in [0.1, 0.15) is 0 Å². The number of carbonyl (C=O) groups is 1. The molecule has 0 saturated carbocycles. The fraction of sp³-hybridized carbons (Fsp3) is 0.414. The van der Waals surface area contributed by atoms with Gasteiger partial charge in [-0.3, -0.25) is 9.69 Å². The van der Waals surface area contributed by atoms with Crippen LogP contribution in [0.1, 0.15) is 41.8 Å². The third kappa shape index (κ3) is 5.91. The zero-order chi connectivity index (χ0) is 27.7. The molecule has 1 saturated heterocycles. The van der Waals surface area contributed by atoms with Crippen LogP contribution < -0.4 is 9.46 Å². The largest absolute Gasteiger partial charge is 0.477 e. The fourth-order valence-electron chi connectivity index (χ4n) is 5.45. The first kappa shape index (κ1) is 27.1. The predicted molar refractivity (Wildman–Crippen MR) is 150 cm³/mol. The molecule has 4 bridgehead atoms. The lowest BCUT2D eigenvalue weighted by molar-refractivity contribution is 0.0381. The molecule has 3 heterocycles. The van der Waals surface area contributed by atoms with E-state index in [0.717, 1.165) is 36.3 Å². The number of nitrogens with one attached hydrogen (secondary N) is 1. The minimum atomic E-state index is -4.07. The maximum atomic E-state index is 13.6. The molecular weight excluding hydrogens is 514 g/mol. The van der Waals surface area contributed by atoms with Gasteiger partial charge in [0.15, 0.2) is 0 Å². The summed E-state index contributed by atoms with van der Waals surface area (Å²) >= 11 is 0. The van der Waals surface area contributed by atoms with Crippen molar-refractivity contribution >= 4 is 21.9 Å². The molecule has 1 atom stereocenters. The van der Waals surface area contributed by atoms with Crippen LogP contribution in [-0.4, -0.2) is 72.9 Å². The van der Waals surface area contributed by atoms with Gasteiger partial charge in [0.2, 0.25) is 11.8 Å². The number of amides is 1. The molecule has 206 valence electrons. The number of sulfonamides is 1. The molecule has 0 aliphatic carbocycles. The highest BCUT2D eigenvalue weighted by atomic mass is 32.2. The van der Waals surface area contributed by atoms with Crippen molar-refractivity contribution in [2.45, 2.75) is 45.1 Å². The van der Waals surface area contributed by atoms with E-state index >= 15 is 0 Å². The van der Waals surface area contributed by atoms with Gasteiger partial charge in [0.05, 0.1) is 17.2 Å². The average Bonchev–Trinajstić information content (AvgIpc) is 2.87. The quantitative estimate of drug-likeness (QED) is 0.524. The van der Waals surface area contributed by atoms with Crippen molar-refractivity contribution in [3.8, 4) is 17.1 Å². The Kier molecular flexibility index (Phi) is 7.59. The Labute approximate surface area is 230 Å². The second-order valence-electron chi connectivity index (χ2n) is 10.8. The molecule has 2 aliphatic heterocycles. The summed E-state index contributed by atoms with van der Waals surface area (Å²) in [5.74, 6) is 0.532. The smallest absolute Gasteiger partial charge is 0.264 e. The molecule has 3 aromatic rings. The van der Waals surface area contributed by atoms with E-state index < -0.39 is 10.0 Å². The molecule has 0 unspecified atom stereocenters. The van der Waals surface area contributed by atoms with Gasteiger partial charge in [0, 0.05) is 55.8 Å². The van der Waals surface area contributed by atoms with Crippen molar-refractivity contribution in [2.75, 3.05) is 37.5 Å². The lowest BCUT2D eigenvalue weighted by Gasteiger charge is -2.42. The van der Waals surface area contributed by atoms with Crippen LogP contribution in [0.15, 0.2) is 53.4 Å². The van der Waals surface area contributed by atoms with Crippen molar-refractivity contribution in [1.82, 2.24) is 19.8 Å². The van der Waals surface area contributed by atoms with Crippen LogP contribution >= 0.6 is 0 Å². The van der Waals surface area contributed by atoms with Gasteiger partial charge in [-0.1, -0.05) is 38.1 Å². The molecular formula is C29H35N5O4S. The number of fused-ring (bicyclic) bond motifs is 5. The zero-order valence-electron chi connectivity index (χ0n) is 22.8. The Morgan fingerprint density at radius 3 is 2.54 bits per heavy atom. The Hall–Kier alpha value is -3.50. The molecule has 39 heavy (non-hydrogen) atoms. The van der Waals surface area contributed by atoms with Crippen molar-refractivity contribution in [1.29, 1.82) is 0 Å². The number of nitrogens with zero attached hydrogens (tertiary/aromatic N) is 4. The monoisotopic (exact) mass is 549 g/mol. The Balaban J connectivity index is 1.57. The summed E-state index contributed by atoms with van der Waals surface area (Å²) in [6, 6.07) is 13.8. The van der Waals surface area contributed by atoms with E-state index in [1.807, 2.05) is 36.9 Å². The van der Waals surface area contributed by atoms with Gasteiger partial charge in [-0.2, -0.15) is 4.98 Å². The summed E-state index contributed by atoms with van der Waals surface area (Å²) in [6.07, 6.45) is 0.615. The van der Waals surface area contributed by atoms with Crippen LogP contribution in [0.4, 0.5) is 5.95 Å². The van der Waals surface area contributed by atoms with E-state index in [-0.39, 0.29) is 28.7 Å². The first-order chi connectivity index (χ1) is 18.6. The van der Waals surface area contributed by atoms with Crippen LogP contribution in [0.2, 0.25) is 0 Å². The van der Waals surface area contributed by atoms with Gasteiger partial charge in [-0.05, 0) is 49.1 Å². The standard InChI is InChI=1S/C29H35N5O4S/c1-19(2)17-33-12-13-34-23(18-33)11-14-38-26-16-25(27-20(3)7-5-8-21(27)4)30-29(31-26)32-39(36,37)24-10-6-9-22(15-24)28(34)35/h5-10,15-16,19,23H,11-14,17-18H2,1-4H3,(H,30,31,32)/t23-/m0/s1. The number of carbonyl (C=O) groups excluding carboxylic acids is 1. The van der Waals surface area contributed by atoms with Crippen LogP contribution in [0.5, 0.6) is 5.88 Å². The van der Waals surface area contributed by atoms with E-state index in [9.17, 15) is 13.2 Å². The summed E-state index contributed by atoms with van der Waals surface area (Å²) < 4.78 is 35.4. The molecule has 1 amide bonds. The van der Waals surface area contributed by atoms with Gasteiger partial charge in [-0.15, -0.1) is 0 Å². The van der Waals surface area contributed by atoms with Crippen molar-refractivity contribution in [3.05, 3.63) is 65.2 Å². The Morgan fingerprint density at radius 2 is 1.79 bits per heavy atom. The summed E-state index contributed by atoms with van der Waals surface area (Å²) in [5.41, 5.74) is 3.84. The Morgan fingerprint density at radius 1 is 1.05 bits per heavy atom. The van der Waals surface area contributed by atoms with Gasteiger partial charge in [-0.25, -0.2) is 18.1 Å². The average molecular weight is 550 g/mol. The third-order valence-electron chi connectivity index (χ3n) is 7.21. The topological polar surface area (TPSA) is 105 Å². The summed E-state index contributed by atoms with van der Waals surface area (Å²) in [7, 11) is -4.07. The van der Waals surface area contributed by atoms with E-state index in [4.69, 9.17) is 4.74 Å². The van der Waals surface area contributed by atoms with Crippen LogP contribution in [0.3, 0.4) is 0 Å². The van der Waals surface area contributed by atoms with E-state index in [1.54, 1.807) is 18.2 Å². The highest BCUT2D eigenvalue weighted by Crippen LogP contribution is 2.30. The number of benzene rings is 2. The van der Waals surface area contributed by atoms with E-state index in [1.165, 1.54) is 12.1 Å². The van der Waals surface area contributed by atoms with Crippen molar-refractivity contribution in [3.63, 3.8) is 0 Å². The second kappa shape index (κ2) is 10.9. The summed E-state index contributed by atoms with van der Waals surface area (Å²) in [5, 5.41) is 0. The third-order valence-corrected chi connectivity index (χ3v) is 8.53. The molecule has 5 rings (SSSR count). The number of aromatic nitrogens is 2. The molecule has 0 spiro atoms. The van der Waals surface area contributed by atoms with E-state index in [0.29, 0.717) is 36.7 Å². The minimum Gasteiger partial charge on any atom is -0.477 e. The molecule has 1 aromatic heterocycles. The van der Waals surface area contributed by atoms with Crippen LogP contribution in [0.25, 0.3) is 11.3 Å². The van der Waals surface area contributed by atoms with Gasteiger partial charge < -0.3 is 9.64 Å². The number of hydrogen-bond acceptors (Lipinski definition) is 7. The minimum absolute atomic E-state index is 0.0241. The first-order valence-corrected chi connectivity index (χ1v) is 14.8. The number of rotatable bonds is 3. The second-order valence-corrected chi connectivity index (χ2v) is 12.4. The predicted octanol–water partition coefficient (Wildman–Crippen LogP) is 4.13. The molecule has 1 fully saturated rings.